The summed E-state index contributed by atoms with van der Waals surface area (Å²) in [6.45, 7) is 1.14. The maximum Gasteiger partial charge on any atom is 0.130 e. The summed E-state index contributed by atoms with van der Waals surface area (Å²) in [7, 11) is 0. The Kier molecular flexibility index (Phi) is 4.72. The van der Waals surface area contributed by atoms with Gasteiger partial charge in [-0.1, -0.05) is 53.6 Å². The van der Waals surface area contributed by atoms with Gasteiger partial charge in [-0.3, -0.25) is 0 Å². The molecule has 0 atom stereocenters. The second-order valence-corrected chi connectivity index (χ2v) is 5.23. The Morgan fingerprint density at radius 1 is 1.04 bits per heavy atom. The lowest BCUT2D eigenvalue weighted by Gasteiger charge is -2.12. The van der Waals surface area contributed by atoms with Gasteiger partial charge in [0.05, 0.1) is 5.52 Å². The molecule has 0 fully saturated rings. The number of pyridine rings is 1. The summed E-state index contributed by atoms with van der Waals surface area (Å²) in [5.41, 5.74) is 11.7. The summed E-state index contributed by atoms with van der Waals surface area (Å²) in [6, 6.07) is 20.3. The van der Waals surface area contributed by atoms with Gasteiger partial charge in [-0.2, -0.15) is 0 Å². The minimum Gasteiger partial charge on any atom is -0.366 e. The monoisotopic (exact) mass is 303 g/mol. The molecule has 1 N–H and O–H groups in total. The first-order valence-electron chi connectivity index (χ1n) is 7.54. The second kappa shape index (κ2) is 7.29. The van der Waals surface area contributed by atoms with E-state index in [2.05, 4.69) is 33.5 Å². The van der Waals surface area contributed by atoms with Crippen LogP contribution in [-0.2, 0) is 13.0 Å². The zero-order chi connectivity index (χ0) is 15.9. The van der Waals surface area contributed by atoms with Crippen molar-refractivity contribution in [1.82, 2.24) is 4.98 Å². The molecular weight excluding hydrogens is 286 g/mol. The van der Waals surface area contributed by atoms with Crippen molar-refractivity contribution in [1.29, 1.82) is 0 Å². The highest BCUT2D eigenvalue weighted by atomic mass is 15.1. The number of nitrogens with one attached hydrogen (secondary N) is 1. The summed E-state index contributed by atoms with van der Waals surface area (Å²) in [5.74, 6) is 0.848. The zero-order valence-electron chi connectivity index (χ0n) is 12.7. The van der Waals surface area contributed by atoms with Crippen LogP contribution in [0.25, 0.3) is 21.3 Å². The molecule has 0 unspecified atom stereocenters. The normalized spacial score (nSPS) is 10.3. The van der Waals surface area contributed by atoms with Crippen molar-refractivity contribution in [2.24, 2.45) is 5.11 Å². The highest BCUT2D eigenvalue weighted by Gasteiger charge is 2.06. The molecule has 0 saturated heterocycles. The van der Waals surface area contributed by atoms with Crippen molar-refractivity contribution in [2.75, 3.05) is 11.9 Å². The van der Waals surface area contributed by atoms with E-state index in [1.165, 1.54) is 5.56 Å². The Morgan fingerprint density at radius 3 is 2.65 bits per heavy atom. The second-order valence-electron chi connectivity index (χ2n) is 5.23. The molecule has 0 radical (unpaired) electrons. The van der Waals surface area contributed by atoms with E-state index in [0.29, 0.717) is 19.5 Å². The summed E-state index contributed by atoms with van der Waals surface area (Å²) < 4.78 is 0. The average molecular weight is 303 g/mol. The molecular formula is C18H17N5. The quantitative estimate of drug-likeness (QED) is 0.407. The number of aromatic nitrogens is 1. The van der Waals surface area contributed by atoms with Crippen molar-refractivity contribution < 1.29 is 0 Å². The lowest BCUT2D eigenvalue weighted by Crippen LogP contribution is -2.06. The van der Waals surface area contributed by atoms with E-state index in [1.807, 2.05) is 42.5 Å². The van der Waals surface area contributed by atoms with Gasteiger partial charge in [0, 0.05) is 23.4 Å². The molecule has 0 spiro atoms. The fraction of sp³-hybridized carbons (Fsp3) is 0.167. The fourth-order valence-electron chi connectivity index (χ4n) is 2.50. The molecule has 23 heavy (non-hydrogen) atoms. The minimum absolute atomic E-state index is 0.427. The SMILES string of the molecule is [N-]=[N+]=NCCc1cc2ccccc2nc1NCc1ccccc1. The van der Waals surface area contributed by atoms with Crippen molar-refractivity contribution in [3.05, 3.63) is 82.2 Å². The Bertz CT molecular complexity index is 838. The molecule has 0 aliphatic carbocycles. The van der Waals surface area contributed by atoms with E-state index in [4.69, 9.17) is 10.5 Å². The third-order valence-electron chi connectivity index (χ3n) is 3.65. The summed E-state index contributed by atoms with van der Waals surface area (Å²) in [4.78, 5) is 7.54. The van der Waals surface area contributed by atoms with Crippen LogP contribution < -0.4 is 5.32 Å². The van der Waals surface area contributed by atoms with Crippen LogP contribution in [0.5, 0.6) is 0 Å². The highest BCUT2D eigenvalue weighted by molar-refractivity contribution is 5.81. The number of nitrogens with zero attached hydrogens (tertiary/aromatic N) is 4. The van der Waals surface area contributed by atoms with Crippen LogP contribution in [0.2, 0.25) is 0 Å². The number of para-hydroxylation sites is 1. The van der Waals surface area contributed by atoms with Crippen molar-refractivity contribution in [2.45, 2.75) is 13.0 Å². The van der Waals surface area contributed by atoms with E-state index in [0.717, 1.165) is 22.3 Å². The lowest BCUT2D eigenvalue weighted by molar-refractivity contribution is 0.946. The van der Waals surface area contributed by atoms with Crippen LogP contribution in [0.3, 0.4) is 0 Å². The third-order valence-corrected chi connectivity index (χ3v) is 3.65. The fourth-order valence-corrected chi connectivity index (χ4v) is 2.50. The smallest absolute Gasteiger partial charge is 0.130 e. The van der Waals surface area contributed by atoms with Crippen LogP contribution in [0.15, 0.2) is 65.8 Å². The molecule has 5 heteroatoms. The molecule has 114 valence electrons. The topological polar surface area (TPSA) is 73.7 Å². The molecule has 3 rings (SSSR count). The van der Waals surface area contributed by atoms with Gasteiger partial charge < -0.3 is 5.32 Å². The Morgan fingerprint density at radius 2 is 1.83 bits per heavy atom. The van der Waals surface area contributed by atoms with Gasteiger partial charge in [0.2, 0.25) is 0 Å². The van der Waals surface area contributed by atoms with Crippen molar-refractivity contribution in [3.8, 4) is 0 Å². The molecule has 3 aromatic rings. The van der Waals surface area contributed by atoms with Crippen LogP contribution in [0, 0.1) is 0 Å². The van der Waals surface area contributed by atoms with Crippen LogP contribution >= 0.6 is 0 Å². The Labute approximate surface area is 134 Å². The maximum atomic E-state index is 8.46. The predicted octanol–water partition coefficient (Wildman–Crippen LogP) is 4.70. The highest BCUT2D eigenvalue weighted by Crippen LogP contribution is 2.21. The first kappa shape index (κ1) is 14.9. The Balaban J connectivity index is 1.88. The maximum absolute atomic E-state index is 8.46. The van der Waals surface area contributed by atoms with Crippen LogP contribution in [0.4, 0.5) is 5.82 Å². The van der Waals surface area contributed by atoms with E-state index in [-0.39, 0.29) is 0 Å². The average Bonchev–Trinajstić information content (AvgIpc) is 2.61. The van der Waals surface area contributed by atoms with Gasteiger partial charge >= 0.3 is 0 Å². The molecule has 0 aliphatic rings. The van der Waals surface area contributed by atoms with Gasteiger partial charge in [-0.15, -0.1) is 0 Å². The molecule has 1 aromatic heterocycles. The molecule has 0 bridgehead atoms. The summed E-state index contributed by atoms with van der Waals surface area (Å²) in [6.07, 6.45) is 0.666. The number of anilines is 1. The molecule has 2 aromatic carbocycles. The molecule has 0 aliphatic heterocycles. The number of benzene rings is 2. The molecule has 0 amide bonds. The van der Waals surface area contributed by atoms with Crippen molar-refractivity contribution in [3.63, 3.8) is 0 Å². The molecule has 0 saturated carbocycles. The van der Waals surface area contributed by atoms with Crippen LogP contribution in [-0.4, -0.2) is 11.5 Å². The summed E-state index contributed by atoms with van der Waals surface area (Å²) >= 11 is 0. The van der Waals surface area contributed by atoms with Gasteiger partial charge in [-0.25, -0.2) is 4.98 Å². The van der Waals surface area contributed by atoms with E-state index >= 15 is 0 Å². The molecule has 1 heterocycles. The largest absolute Gasteiger partial charge is 0.366 e. The number of azide groups is 1. The zero-order valence-corrected chi connectivity index (χ0v) is 12.7. The van der Waals surface area contributed by atoms with E-state index in [1.54, 1.807) is 0 Å². The first-order valence-corrected chi connectivity index (χ1v) is 7.54. The van der Waals surface area contributed by atoms with E-state index in [9.17, 15) is 0 Å². The predicted molar refractivity (Wildman–Crippen MR) is 93.2 cm³/mol. The van der Waals surface area contributed by atoms with Gasteiger partial charge in [0.25, 0.3) is 0 Å². The van der Waals surface area contributed by atoms with Gasteiger partial charge in [-0.05, 0) is 35.2 Å². The van der Waals surface area contributed by atoms with Gasteiger partial charge in [0.15, 0.2) is 0 Å². The number of hydrogen-bond acceptors (Lipinski definition) is 3. The number of rotatable bonds is 6. The van der Waals surface area contributed by atoms with Crippen molar-refractivity contribution >= 4 is 16.7 Å². The first-order chi connectivity index (χ1) is 11.4. The van der Waals surface area contributed by atoms with E-state index < -0.39 is 0 Å². The van der Waals surface area contributed by atoms with Crippen LogP contribution in [0.1, 0.15) is 11.1 Å². The number of hydrogen-bond donors (Lipinski definition) is 1. The standard InChI is InChI=1S/C18H17N5/c19-23-21-11-10-16-12-15-8-4-5-9-17(15)22-18(16)20-13-14-6-2-1-3-7-14/h1-9,12H,10-11,13H2,(H,20,22). The Hall–Kier alpha value is -3.04. The molecule has 5 nitrogen and oxygen atoms in total. The third kappa shape index (κ3) is 3.78. The number of fused-ring (bicyclic) bond motifs is 1. The summed E-state index contributed by atoms with van der Waals surface area (Å²) in [5, 5.41) is 8.13. The lowest BCUT2D eigenvalue weighted by atomic mass is 10.1. The minimum atomic E-state index is 0.427. The van der Waals surface area contributed by atoms with Gasteiger partial charge in [0.1, 0.15) is 5.82 Å².